The Bertz CT molecular complexity index is 3120. The number of benzene rings is 8. The molecule has 0 radical (unpaired) electrons. The minimum absolute atomic E-state index is 0.611. The van der Waals surface area contributed by atoms with Crippen molar-refractivity contribution in [2.24, 2.45) is 0 Å². The molecule has 0 aliphatic heterocycles. The lowest BCUT2D eigenvalue weighted by molar-refractivity contribution is 0.669. The number of allylic oxidation sites excluding steroid dienone is 1. The highest BCUT2D eigenvalue weighted by Crippen LogP contribution is 2.40. The maximum atomic E-state index is 6.58. The topological polar surface area (TPSA) is 51.8 Å². The average molecular weight is 678 g/mol. The number of nitrogens with zero attached hydrogens (tertiary/aromatic N) is 3. The molecule has 0 saturated carbocycles. The van der Waals surface area contributed by atoms with Crippen molar-refractivity contribution in [2.45, 2.75) is 12.8 Å². The Morgan fingerprint density at radius 2 is 1.13 bits per heavy atom. The molecule has 0 spiro atoms. The van der Waals surface area contributed by atoms with Gasteiger partial charge in [-0.3, -0.25) is 0 Å². The summed E-state index contributed by atoms with van der Waals surface area (Å²) in [6, 6.07) is 53.5. The Balaban J connectivity index is 1.08. The summed E-state index contributed by atoms with van der Waals surface area (Å²) in [6.45, 7) is 0. The van der Waals surface area contributed by atoms with E-state index in [1.807, 2.05) is 42.5 Å². The monoisotopic (exact) mass is 677 g/mol. The molecule has 8 aromatic carbocycles. The molecule has 10 aromatic rings. The molecule has 4 heteroatoms. The first-order valence-electron chi connectivity index (χ1n) is 18.2. The van der Waals surface area contributed by atoms with E-state index >= 15 is 0 Å². The zero-order valence-electron chi connectivity index (χ0n) is 28.8. The van der Waals surface area contributed by atoms with E-state index in [9.17, 15) is 0 Å². The van der Waals surface area contributed by atoms with Crippen molar-refractivity contribution in [3.63, 3.8) is 0 Å². The molecule has 0 amide bonds. The maximum absolute atomic E-state index is 6.58. The summed E-state index contributed by atoms with van der Waals surface area (Å²) >= 11 is 0. The summed E-state index contributed by atoms with van der Waals surface area (Å²) in [6.07, 6.45) is 6.60. The third kappa shape index (κ3) is 4.87. The van der Waals surface area contributed by atoms with E-state index in [1.165, 1.54) is 43.6 Å². The van der Waals surface area contributed by atoms with E-state index in [-0.39, 0.29) is 0 Å². The molecule has 2 aromatic heterocycles. The summed E-state index contributed by atoms with van der Waals surface area (Å²) in [4.78, 5) is 15.4. The Morgan fingerprint density at radius 1 is 0.434 bits per heavy atom. The minimum atomic E-state index is 0.611. The van der Waals surface area contributed by atoms with Crippen LogP contribution < -0.4 is 0 Å². The van der Waals surface area contributed by atoms with Crippen LogP contribution >= 0.6 is 0 Å². The highest BCUT2D eigenvalue weighted by molar-refractivity contribution is 6.17. The molecular formula is C49H31N3O. The SMILES string of the molecule is C1=Cc2cccc(-c3ccc4c(c3)oc3cccc(-c5nc(-c6ccccc6)nc(-c6ccc7c(ccc8c9ccccc9ccc78)c6)n5)c34)c2CC1. The molecule has 11 rings (SSSR count). The molecule has 1 aliphatic carbocycles. The number of aromatic nitrogens is 3. The number of rotatable bonds is 4. The van der Waals surface area contributed by atoms with Gasteiger partial charge in [0.25, 0.3) is 0 Å². The molecule has 0 bridgehead atoms. The van der Waals surface area contributed by atoms with Gasteiger partial charge in [-0.1, -0.05) is 140 Å². The maximum Gasteiger partial charge on any atom is 0.164 e. The molecule has 2 heterocycles. The summed E-state index contributed by atoms with van der Waals surface area (Å²) in [5, 5.41) is 9.39. The molecule has 0 N–H and O–H groups in total. The van der Waals surface area contributed by atoms with Gasteiger partial charge in [0.1, 0.15) is 11.2 Å². The molecule has 248 valence electrons. The van der Waals surface area contributed by atoms with Crippen LogP contribution in [0.3, 0.4) is 0 Å². The Hall–Kier alpha value is -6.91. The summed E-state index contributed by atoms with van der Waals surface area (Å²) < 4.78 is 6.58. The Kier molecular flexibility index (Phi) is 6.65. The molecule has 0 fully saturated rings. The number of hydrogen-bond acceptors (Lipinski definition) is 4. The second-order valence-electron chi connectivity index (χ2n) is 13.9. The Labute approximate surface area is 305 Å². The van der Waals surface area contributed by atoms with Crippen LogP contribution in [0, 0.1) is 0 Å². The van der Waals surface area contributed by atoms with Gasteiger partial charge in [-0.2, -0.15) is 0 Å². The number of fused-ring (bicyclic) bond motifs is 9. The van der Waals surface area contributed by atoms with Crippen LogP contribution in [0.2, 0.25) is 0 Å². The van der Waals surface area contributed by atoms with E-state index in [0.29, 0.717) is 17.5 Å². The third-order valence-electron chi connectivity index (χ3n) is 10.8. The van der Waals surface area contributed by atoms with Crippen molar-refractivity contribution >= 4 is 60.3 Å². The van der Waals surface area contributed by atoms with Gasteiger partial charge in [0, 0.05) is 27.5 Å². The standard InChI is InChI=1S/C49H31N3O/c1-2-12-32(13-3-1)47-50-48(35-23-24-39-33(28-35)21-26-40-37-16-7-5-11-31(37)20-25-41(39)40)52-49(51-47)43-18-9-19-44-46(43)42-27-22-34(29-45(42)53-44)38-17-8-14-30-10-4-6-15-36(30)38/h1-5,7-14,16-29H,6,15H2. The van der Waals surface area contributed by atoms with Crippen molar-refractivity contribution < 1.29 is 4.42 Å². The zero-order valence-corrected chi connectivity index (χ0v) is 28.8. The highest BCUT2D eigenvalue weighted by Gasteiger charge is 2.19. The van der Waals surface area contributed by atoms with Gasteiger partial charge in [0.2, 0.25) is 0 Å². The van der Waals surface area contributed by atoms with Crippen molar-refractivity contribution in [1.29, 1.82) is 0 Å². The van der Waals surface area contributed by atoms with E-state index in [0.717, 1.165) is 62.4 Å². The second-order valence-corrected chi connectivity index (χ2v) is 13.9. The predicted octanol–water partition coefficient (Wildman–Crippen LogP) is 12.9. The van der Waals surface area contributed by atoms with Gasteiger partial charge in [-0.15, -0.1) is 0 Å². The van der Waals surface area contributed by atoms with Crippen LogP contribution in [0.1, 0.15) is 17.5 Å². The minimum Gasteiger partial charge on any atom is -0.456 e. The third-order valence-corrected chi connectivity index (χ3v) is 10.8. The second kappa shape index (κ2) is 11.8. The lowest BCUT2D eigenvalue weighted by atomic mass is 9.89. The first-order valence-corrected chi connectivity index (χ1v) is 18.2. The molecule has 53 heavy (non-hydrogen) atoms. The average Bonchev–Trinajstić information content (AvgIpc) is 3.61. The number of furan rings is 1. The number of hydrogen-bond donors (Lipinski definition) is 0. The fourth-order valence-corrected chi connectivity index (χ4v) is 8.24. The summed E-state index contributed by atoms with van der Waals surface area (Å²) in [5.41, 5.74) is 9.57. The van der Waals surface area contributed by atoms with Gasteiger partial charge in [-0.25, -0.2) is 15.0 Å². The van der Waals surface area contributed by atoms with Crippen molar-refractivity contribution in [2.75, 3.05) is 0 Å². The van der Waals surface area contributed by atoms with Crippen LogP contribution in [0.15, 0.2) is 162 Å². The summed E-state index contributed by atoms with van der Waals surface area (Å²) in [5.74, 6) is 1.87. The molecule has 0 unspecified atom stereocenters. The Morgan fingerprint density at radius 3 is 2.04 bits per heavy atom. The molecular weight excluding hydrogens is 647 g/mol. The molecule has 1 aliphatic rings. The van der Waals surface area contributed by atoms with Gasteiger partial charge < -0.3 is 4.42 Å². The van der Waals surface area contributed by atoms with Crippen molar-refractivity contribution in [3.05, 3.63) is 169 Å². The van der Waals surface area contributed by atoms with Crippen LogP contribution in [0.25, 0.3) is 106 Å². The van der Waals surface area contributed by atoms with Gasteiger partial charge in [0.15, 0.2) is 17.5 Å². The fourth-order valence-electron chi connectivity index (χ4n) is 8.24. The van der Waals surface area contributed by atoms with Crippen molar-refractivity contribution in [1.82, 2.24) is 15.0 Å². The van der Waals surface area contributed by atoms with Crippen LogP contribution in [0.5, 0.6) is 0 Å². The first-order chi connectivity index (χ1) is 26.2. The van der Waals surface area contributed by atoms with Gasteiger partial charge >= 0.3 is 0 Å². The largest absolute Gasteiger partial charge is 0.456 e. The van der Waals surface area contributed by atoms with E-state index in [1.54, 1.807) is 0 Å². The normalized spacial score (nSPS) is 12.7. The van der Waals surface area contributed by atoms with E-state index in [4.69, 9.17) is 19.4 Å². The molecule has 0 atom stereocenters. The van der Waals surface area contributed by atoms with Gasteiger partial charge in [-0.05, 0) is 91.7 Å². The molecule has 4 nitrogen and oxygen atoms in total. The van der Waals surface area contributed by atoms with Gasteiger partial charge in [0.05, 0.1) is 0 Å². The first kappa shape index (κ1) is 29.8. The quantitative estimate of drug-likeness (QED) is 0.174. The van der Waals surface area contributed by atoms with E-state index in [2.05, 4.69) is 121 Å². The highest BCUT2D eigenvalue weighted by atomic mass is 16.3. The van der Waals surface area contributed by atoms with Crippen LogP contribution in [0.4, 0.5) is 0 Å². The predicted molar refractivity (Wildman–Crippen MR) is 219 cm³/mol. The van der Waals surface area contributed by atoms with Crippen molar-refractivity contribution in [3.8, 4) is 45.3 Å². The lowest BCUT2D eigenvalue weighted by Gasteiger charge is -2.15. The van der Waals surface area contributed by atoms with Crippen LogP contribution in [-0.2, 0) is 6.42 Å². The fraction of sp³-hybridized carbons (Fsp3) is 0.0408. The zero-order chi connectivity index (χ0) is 34.9. The lowest BCUT2D eigenvalue weighted by Crippen LogP contribution is -2.00. The summed E-state index contributed by atoms with van der Waals surface area (Å²) in [7, 11) is 0. The smallest absolute Gasteiger partial charge is 0.164 e. The van der Waals surface area contributed by atoms with Crippen LogP contribution in [-0.4, -0.2) is 15.0 Å². The molecule has 0 saturated heterocycles. The van der Waals surface area contributed by atoms with E-state index < -0.39 is 0 Å².